The molecule has 6 heteroatoms. The molecule has 0 N–H and O–H groups in total. The van der Waals surface area contributed by atoms with Gasteiger partial charge in [0.2, 0.25) is 0 Å². The monoisotopic (exact) mass is 370 g/mol. The van der Waals surface area contributed by atoms with Crippen LogP contribution in [0.3, 0.4) is 0 Å². The Labute approximate surface area is 156 Å². The highest BCUT2D eigenvalue weighted by Gasteiger charge is 2.29. The van der Waals surface area contributed by atoms with Gasteiger partial charge in [-0.3, -0.25) is 0 Å². The summed E-state index contributed by atoms with van der Waals surface area (Å²) < 4.78 is 2.14. The second-order valence-electron chi connectivity index (χ2n) is 6.88. The molecule has 0 bridgehead atoms. The minimum atomic E-state index is 0.559. The van der Waals surface area contributed by atoms with Gasteiger partial charge < -0.3 is 4.57 Å². The summed E-state index contributed by atoms with van der Waals surface area (Å²) in [6, 6.07) is 8.76. The zero-order chi connectivity index (χ0) is 17.4. The average Bonchev–Trinajstić information content (AvgIpc) is 3.23. The Morgan fingerprint density at radius 3 is 2.64 bits per heavy atom. The van der Waals surface area contributed by atoms with E-state index < -0.39 is 0 Å². The molecule has 25 heavy (non-hydrogen) atoms. The lowest BCUT2D eigenvalue weighted by Gasteiger charge is -2.05. The van der Waals surface area contributed by atoms with E-state index in [-0.39, 0.29) is 0 Å². The minimum absolute atomic E-state index is 0.559. The molecule has 1 aliphatic rings. The number of thioether (sulfide) groups is 1. The van der Waals surface area contributed by atoms with Crippen LogP contribution in [0.5, 0.6) is 0 Å². The lowest BCUT2D eigenvalue weighted by atomic mass is 10.0. The van der Waals surface area contributed by atoms with Crippen molar-refractivity contribution in [2.75, 3.05) is 0 Å². The maximum absolute atomic E-state index is 4.79. The molecule has 2 aromatic heterocycles. The van der Waals surface area contributed by atoms with Crippen LogP contribution in [0.2, 0.25) is 0 Å². The fourth-order valence-electron chi connectivity index (χ4n) is 2.80. The van der Waals surface area contributed by atoms with Gasteiger partial charge in [-0.15, -0.1) is 21.5 Å². The first-order chi connectivity index (χ1) is 12.1. The van der Waals surface area contributed by atoms with E-state index in [9.17, 15) is 0 Å². The summed E-state index contributed by atoms with van der Waals surface area (Å²) in [5.41, 5.74) is 3.67. The summed E-state index contributed by atoms with van der Waals surface area (Å²) in [6.45, 7) is 4.43. The quantitative estimate of drug-likeness (QED) is 0.557. The van der Waals surface area contributed by atoms with E-state index in [4.69, 9.17) is 4.98 Å². The van der Waals surface area contributed by atoms with E-state index >= 15 is 0 Å². The molecule has 1 aliphatic carbocycles. The molecule has 2 heterocycles. The van der Waals surface area contributed by atoms with Gasteiger partial charge in [0.15, 0.2) is 5.16 Å². The molecule has 4 nitrogen and oxygen atoms in total. The van der Waals surface area contributed by atoms with Crippen LogP contribution in [0.1, 0.15) is 55.6 Å². The van der Waals surface area contributed by atoms with Gasteiger partial charge in [-0.05, 0) is 24.3 Å². The van der Waals surface area contributed by atoms with Gasteiger partial charge in [0.05, 0.1) is 5.69 Å². The standard InChI is InChI=1S/C19H22N4S2/c1-12(2)13-4-8-15(9-5-13)18-20-16(10-24-18)11-25-19-22-21-17(23(19)3)14-6-7-14/h4-5,8-10,12,14H,6-7,11H2,1-3H3. The maximum atomic E-state index is 4.79. The van der Waals surface area contributed by atoms with Gasteiger partial charge in [-0.25, -0.2) is 4.98 Å². The van der Waals surface area contributed by atoms with Crippen molar-refractivity contribution in [1.82, 2.24) is 19.7 Å². The Morgan fingerprint density at radius 1 is 1.20 bits per heavy atom. The third kappa shape index (κ3) is 3.65. The predicted octanol–water partition coefficient (Wildman–Crippen LogP) is 5.23. The molecule has 0 spiro atoms. The number of hydrogen-bond donors (Lipinski definition) is 0. The summed E-state index contributed by atoms with van der Waals surface area (Å²) >= 11 is 3.42. The zero-order valence-corrected chi connectivity index (χ0v) is 16.4. The summed E-state index contributed by atoms with van der Waals surface area (Å²) in [5.74, 6) is 3.15. The van der Waals surface area contributed by atoms with Crippen LogP contribution in [0, 0.1) is 0 Å². The lowest BCUT2D eigenvalue weighted by molar-refractivity contribution is 0.736. The second-order valence-corrected chi connectivity index (χ2v) is 8.68. The van der Waals surface area contributed by atoms with Crippen molar-refractivity contribution in [3.05, 3.63) is 46.7 Å². The second kappa shape index (κ2) is 6.92. The Morgan fingerprint density at radius 2 is 1.96 bits per heavy atom. The zero-order valence-electron chi connectivity index (χ0n) is 14.8. The van der Waals surface area contributed by atoms with Crippen molar-refractivity contribution in [2.45, 2.75) is 49.4 Å². The molecule has 130 valence electrons. The first kappa shape index (κ1) is 16.8. The Hall–Kier alpha value is -1.66. The highest BCUT2D eigenvalue weighted by atomic mass is 32.2. The third-order valence-electron chi connectivity index (χ3n) is 4.54. The molecule has 0 atom stereocenters. The Balaban J connectivity index is 1.42. The van der Waals surface area contributed by atoms with Crippen LogP contribution in [-0.4, -0.2) is 19.7 Å². The van der Waals surface area contributed by atoms with Gasteiger partial charge in [0.1, 0.15) is 10.8 Å². The van der Waals surface area contributed by atoms with Gasteiger partial charge >= 0.3 is 0 Å². The van der Waals surface area contributed by atoms with Crippen molar-refractivity contribution in [1.29, 1.82) is 0 Å². The van der Waals surface area contributed by atoms with E-state index in [1.807, 2.05) is 0 Å². The fraction of sp³-hybridized carbons (Fsp3) is 0.421. The Bertz CT molecular complexity index is 860. The third-order valence-corrected chi connectivity index (χ3v) is 6.53. The summed E-state index contributed by atoms with van der Waals surface area (Å²) in [7, 11) is 2.07. The molecule has 3 aromatic rings. The molecule has 1 fully saturated rings. The van der Waals surface area contributed by atoms with E-state index in [0.717, 1.165) is 27.4 Å². The smallest absolute Gasteiger partial charge is 0.191 e. The van der Waals surface area contributed by atoms with Crippen molar-refractivity contribution in [3.8, 4) is 10.6 Å². The Kier molecular flexibility index (Phi) is 4.65. The van der Waals surface area contributed by atoms with Crippen LogP contribution in [0.4, 0.5) is 0 Å². The number of aromatic nitrogens is 4. The van der Waals surface area contributed by atoms with Crippen LogP contribution in [-0.2, 0) is 12.8 Å². The van der Waals surface area contributed by atoms with E-state index in [1.165, 1.54) is 24.0 Å². The van der Waals surface area contributed by atoms with Gasteiger partial charge in [0.25, 0.3) is 0 Å². The molecule has 0 amide bonds. The van der Waals surface area contributed by atoms with Gasteiger partial charge in [-0.1, -0.05) is 49.9 Å². The molecule has 4 rings (SSSR count). The predicted molar refractivity (Wildman–Crippen MR) is 104 cm³/mol. The molecule has 0 saturated heterocycles. The summed E-state index contributed by atoms with van der Waals surface area (Å²) in [6.07, 6.45) is 2.50. The first-order valence-corrected chi connectivity index (χ1v) is 10.5. The average molecular weight is 371 g/mol. The van der Waals surface area contributed by atoms with Crippen molar-refractivity contribution >= 4 is 23.1 Å². The molecular formula is C19H22N4S2. The number of benzene rings is 1. The van der Waals surface area contributed by atoms with Crippen LogP contribution < -0.4 is 0 Å². The number of thiazole rings is 1. The molecule has 0 aliphatic heterocycles. The largest absolute Gasteiger partial charge is 0.309 e. The highest BCUT2D eigenvalue weighted by Crippen LogP contribution is 2.39. The van der Waals surface area contributed by atoms with E-state index in [1.54, 1.807) is 23.1 Å². The lowest BCUT2D eigenvalue weighted by Crippen LogP contribution is -1.97. The van der Waals surface area contributed by atoms with Crippen molar-refractivity contribution in [2.24, 2.45) is 7.05 Å². The molecule has 0 radical (unpaired) electrons. The first-order valence-electron chi connectivity index (χ1n) is 8.68. The van der Waals surface area contributed by atoms with Crippen LogP contribution in [0.15, 0.2) is 34.8 Å². The number of rotatable bonds is 6. The number of hydrogen-bond acceptors (Lipinski definition) is 5. The van der Waals surface area contributed by atoms with Crippen molar-refractivity contribution < 1.29 is 0 Å². The molecule has 1 aromatic carbocycles. The molecule has 0 unspecified atom stereocenters. The van der Waals surface area contributed by atoms with Gasteiger partial charge in [-0.2, -0.15) is 0 Å². The topological polar surface area (TPSA) is 43.6 Å². The maximum Gasteiger partial charge on any atom is 0.191 e. The number of nitrogens with zero attached hydrogens (tertiary/aromatic N) is 4. The van der Waals surface area contributed by atoms with Crippen LogP contribution in [0.25, 0.3) is 10.6 Å². The summed E-state index contributed by atoms with van der Waals surface area (Å²) in [5, 5.41) is 12.9. The molecular weight excluding hydrogens is 348 g/mol. The van der Waals surface area contributed by atoms with Gasteiger partial charge in [0, 0.05) is 29.7 Å². The van der Waals surface area contributed by atoms with E-state index in [0.29, 0.717) is 11.8 Å². The van der Waals surface area contributed by atoms with Crippen LogP contribution >= 0.6 is 23.1 Å². The SMILES string of the molecule is CC(C)c1ccc(-c2nc(CSc3nnc(C4CC4)n3C)cs2)cc1. The highest BCUT2D eigenvalue weighted by molar-refractivity contribution is 7.98. The summed E-state index contributed by atoms with van der Waals surface area (Å²) in [4.78, 5) is 4.79. The minimum Gasteiger partial charge on any atom is -0.309 e. The van der Waals surface area contributed by atoms with Crippen molar-refractivity contribution in [3.63, 3.8) is 0 Å². The normalized spacial score (nSPS) is 14.4. The van der Waals surface area contributed by atoms with E-state index in [2.05, 4.69) is 65.3 Å². The molecule has 1 saturated carbocycles. The fourth-order valence-corrected chi connectivity index (χ4v) is 4.55.